The summed E-state index contributed by atoms with van der Waals surface area (Å²) in [5.74, 6) is 0.330. The Morgan fingerprint density at radius 3 is 2.25 bits per heavy atom. The minimum absolute atomic E-state index is 0.0585. The van der Waals surface area contributed by atoms with Crippen LogP contribution in [0.15, 0.2) is 0 Å². The molecule has 1 N–H and O–H groups in total. The van der Waals surface area contributed by atoms with E-state index in [9.17, 15) is 9.59 Å². The molecule has 0 aromatic carbocycles. The first kappa shape index (κ1) is 11.4. The van der Waals surface area contributed by atoms with Gasteiger partial charge in [-0.25, -0.2) is 0 Å². The molecule has 0 bridgehead atoms. The molecule has 2 amide bonds. The summed E-state index contributed by atoms with van der Waals surface area (Å²) >= 11 is 0. The summed E-state index contributed by atoms with van der Waals surface area (Å²) < 4.78 is 0. The molecule has 1 heterocycles. The molecule has 0 aromatic heterocycles. The number of nitrogens with one attached hydrogen (secondary N) is 1. The van der Waals surface area contributed by atoms with E-state index in [0.29, 0.717) is 0 Å². The first-order chi connectivity index (χ1) is 7.77. The maximum Gasteiger partial charge on any atom is 0.241 e. The monoisotopic (exact) mass is 224 g/mol. The third kappa shape index (κ3) is 3.22. The predicted molar refractivity (Wildman–Crippen MR) is 60.8 cm³/mol. The molecule has 4 nitrogen and oxygen atoms in total. The molecular formula is C12H20N2O2. The summed E-state index contributed by atoms with van der Waals surface area (Å²) in [6.45, 7) is 1.91. The SMILES string of the molecule is O=C(NCC(=O)N1CCCCCC1)C1CC1. The fraction of sp³-hybridized carbons (Fsp3) is 0.833. The third-order valence-corrected chi connectivity index (χ3v) is 3.32. The van der Waals surface area contributed by atoms with E-state index in [-0.39, 0.29) is 24.3 Å². The highest BCUT2D eigenvalue weighted by atomic mass is 16.2. The van der Waals surface area contributed by atoms with Gasteiger partial charge in [0.15, 0.2) is 0 Å². The second-order valence-electron chi connectivity index (χ2n) is 4.79. The Hall–Kier alpha value is -1.06. The van der Waals surface area contributed by atoms with Crippen LogP contribution in [0, 0.1) is 5.92 Å². The zero-order valence-electron chi connectivity index (χ0n) is 9.71. The molecule has 4 heteroatoms. The number of carbonyl (C=O) groups excluding carboxylic acids is 2. The van der Waals surface area contributed by atoms with Crippen molar-refractivity contribution < 1.29 is 9.59 Å². The van der Waals surface area contributed by atoms with Gasteiger partial charge in [-0.3, -0.25) is 9.59 Å². The maximum absolute atomic E-state index is 11.8. The quantitative estimate of drug-likeness (QED) is 0.775. The lowest BCUT2D eigenvalue weighted by Crippen LogP contribution is -2.41. The second-order valence-corrected chi connectivity index (χ2v) is 4.79. The van der Waals surface area contributed by atoms with Gasteiger partial charge in [-0.05, 0) is 25.7 Å². The number of likely N-dealkylation sites (tertiary alicyclic amines) is 1. The zero-order chi connectivity index (χ0) is 11.4. The van der Waals surface area contributed by atoms with Gasteiger partial charge in [-0.15, -0.1) is 0 Å². The average Bonchev–Trinajstić information content (AvgIpc) is 3.09. The molecule has 2 fully saturated rings. The van der Waals surface area contributed by atoms with Crippen LogP contribution in [-0.4, -0.2) is 36.3 Å². The second kappa shape index (κ2) is 5.32. The van der Waals surface area contributed by atoms with Gasteiger partial charge in [0.1, 0.15) is 0 Å². The summed E-state index contributed by atoms with van der Waals surface area (Å²) in [5, 5.41) is 2.73. The van der Waals surface area contributed by atoms with Crippen molar-refractivity contribution in [2.45, 2.75) is 38.5 Å². The molecule has 1 saturated carbocycles. The van der Waals surface area contributed by atoms with E-state index < -0.39 is 0 Å². The molecular weight excluding hydrogens is 204 g/mol. The van der Waals surface area contributed by atoms with E-state index in [1.807, 2.05) is 4.90 Å². The molecule has 0 radical (unpaired) electrons. The largest absolute Gasteiger partial charge is 0.347 e. The van der Waals surface area contributed by atoms with E-state index in [1.54, 1.807) is 0 Å². The number of nitrogens with zero attached hydrogens (tertiary/aromatic N) is 1. The summed E-state index contributed by atoms with van der Waals surface area (Å²) in [6, 6.07) is 0. The normalized spacial score (nSPS) is 21.4. The lowest BCUT2D eigenvalue weighted by atomic mass is 10.2. The fourth-order valence-electron chi connectivity index (χ4n) is 2.08. The van der Waals surface area contributed by atoms with Crippen LogP contribution < -0.4 is 5.32 Å². The van der Waals surface area contributed by atoms with E-state index in [0.717, 1.165) is 38.8 Å². The van der Waals surface area contributed by atoms with Gasteiger partial charge in [0.2, 0.25) is 11.8 Å². The molecule has 1 aliphatic heterocycles. The molecule has 1 saturated heterocycles. The molecule has 0 aromatic rings. The van der Waals surface area contributed by atoms with Crippen LogP contribution in [0.25, 0.3) is 0 Å². The maximum atomic E-state index is 11.8. The first-order valence-corrected chi connectivity index (χ1v) is 6.33. The van der Waals surface area contributed by atoms with Crippen molar-refractivity contribution in [3.63, 3.8) is 0 Å². The van der Waals surface area contributed by atoms with Gasteiger partial charge >= 0.3 is 0 Å². The number of hydrogen-bond acceptors (Lipinski definition) is 2. The highest BCUT2D eigenvalue weighted by Crippen LogP contribution is 2.28. The van der Waals surface area contributed by atoms with Crippen molar-refractivity contribution in [3.8, 4) is 0 Å². The van der Waals surface area contributed by atoms with Gasteiger partial charge < -0.3 is 10.2 Å². The highest BCUT2D eigenvalue weighted by molar-refractivity contribution is 5.86. The number of hydrogen-bond donors (Lipinski definition) is 1. The topological polar surface area (TPSA) is 49.4 Å². The van der Waals surface area contributed by atoms with Crippen molar-refractivity contribution in [2.24, 2.45) is 5.92 Å². The van der Waals surface area contributed by atoms with Crippen molar-refractivity contribution in [3.05, 3.63) is 0 Å². The van der Waals surface area contributed by atoms with Gasteiger partial charge in [0, 0.05) is 19.0 Å². The molecule has 2 rings (SSSR count). The Labute approximate surface area is 96.4 Å². The van der Waals surface area contributed by atoms with Crippen molar-refractivity contribution >= 4 is 11.8 Å². The summed E-state index contributed by atoms with van der Waals surface area (Å²) in [7, 11) is 0. The zero-order valence-corrected chi connectivity index (χ0v) is 9.71. The Morgan fingerprint density at radius 2 is 1.69 bits per heavy atom. The Balaban J connectivity index is 1.70. The molecule has 2 aliphatic rings. The highest BCUT2D eigenvalue weighted by Gasteiger charge is 2.29. The van der Waals surface area contributed by atoms with E-state index in [1.165, 1.54) is 12.8 Å². The van der Waals surface area contributed by atoms with Gasteiger partial charge in [-0.2, -0.15) is 0 Å². The minimum Gasteiger partial charge on any atom is -0.347 e. The molecule has 0 spiro atoms. The summed E-state index contributed by atoms with van der Waals surface area (Å²) in [5.41, 5.74) is 0. The van der Waals surface area contributed by atoms with E-state index >= 15 is 0 Å². The average molecular weight is 224 g/mol. The smallest absolute Gasteiger partial charge is 0.241 e. The molecule has 0 atom stereocenters. The van der Waals surface area contributed by atoms with Crippen molar-refractivity contribution in [1.29, 1.82) is 0 Å². The molecule has 0 unspecified atom stereocenters. The van der Waals surface area contributed by atoms with Gasteiger partial charge in [0.25, 0.3) is 0 Å². The van der Waals surface area contributed by atoms with Crippen LogP contribution in [0.1, 0.15) is 38.5 Å². The van der Waals surface area contributed by atoms with E-state index in [2.05, 4.69) is 5.32 Å². The van der Waals surface area contributed by atoms with Crippen LogP contribution in [0.4, 0.5) is 0 Å². The Kier molecular flexibility index (Phi) is 3.80. The van der Waals surface area contributed by atoms with Gasteiger partial charge in [-0.1, -0.05) is 12.8 Å². The summed E-state index contributed by atoms with van der Waals surface area (Å²) in [4.78, 5) is 25.1. The number of rotatable bonds is 3. The fourth-order valence-corrected chi connectivity index (χ4v) is 2.08. The lowest BCUT2D eigenvalue weighted by Gasteiger charge is -2.20. The number of carbonyl (C=O) groups is 2. The van der Waals surface area contributed by atoms with Crippen LogP contribution in [0.3, 0.4) is 0 Å². The van der Waals surface area contributed by atoms with Crippen LogP contribution in [0.5, 0.6) is 0 Å². The Morgan fingerprint density at radius 1 is 1.06 bits per heavy atom. The standard InChI is InChI=1S/C12H20N2O2/c15-11(9-13-12(16)10-5-6-10)14-7-3-1-2-4-8-14/h10H,1-9H2,(H,13,16). The third-order valence-electron chi connectivity index (χ3n) is 3.32. The molecule has 16 heavy (non-hydrogen) atoms. The first-order valence-electron chi connectivity index (χ1n) is 6.33. The van der Waals surface area contributed by atoms with Crippen molar-refractivity contribution in [1.82, 2.24) is 10.2 Å². The van der Waals surface area contributed by atoms with Gasteiger partial charge in [0.05, 0.1) is 6.54 Å². The lowest BCUT2D eigenvalue weighted by molar-refractivity contribution is -0.133. The van der Waals surface area contributed by atoms with Crippen molar-refractivity contribution in [2.75, 3.05) is 19.6 Å². The van der Waals surface area contributed by atoms with Crippen LogP contribution >= 0.6 is 0 Å². The summed E-state index contributed by atoms with van der Waals surface area (Å²) in [6.07, 6.45) is 6.62. The Bertz CT molecular complexity index is 266. The van der Waals surface area contributed by atoms with E-state index in [4.69, 9.17) is 0 Å². The van der Waals surface area contributed by atoms with Crippen LogP contribution in [0.2, 0.25) is 0 Å². The molecule has 1 aliphatic carbocycles. The molecule has 90 valence electrons. The number of amides is 2. The van der Waals surface area contributed by atoms with Crippen LogP contribution in [-0.2, 0) is 9.59 Å². The predicted octanol–water partition coefficient (Wildman–Crippen LogP) is 0.915. The minimum atomic E-state index is 0.0585.